The van der Waals surface area contributed by atoms with Gasteiger partial charge in [-0.1, -0.05) is 176 Å². The molecule has 10 rings (SSSR count). The fourth-order valence-corrected chi connectivity index (χ4v) is 8.16. The maximum atomic E-state index is 5.45. The molecule has 2 heterocycles. The molecular formula is C54H38N2. The van der Waals surface area contributed by atoms with Crippen LogP contribution in [0.1, 0.15) is 29.5 Å². The van der Waals surface area contributed by atoms with Gasteiger partial charge in [0.1, 0.15) is 0 Å². The number of fused-ring (bicyclic) bond motifs is 6. The highest BCUT2D eigenvalue weighted by atomic mass is 14.8. The predicted molar refractivity (Wildman–Crippen MR) is 238 cm³/mol. The molecule has 0 bridgehead atoms. The Morgan fingerprint density at radius 1 is 0.357 bits per heavy atom. The van der Waals surface area contributed by atoms with Crippen LogP contribution in [-0.4, -0.2) is 10.7 Å². The minimum absolute atomic E-state index is 0.838. The summed E-state index contributed by atoms with van der Waals surface area (Å²) in [5.41, 5.74) is 13.7. The van der Waals surface area contributed by atoms with E-state index in [0.29, 0.717) is 0 Å². The van der Waals surface area contributed by atoms with E-state index in [9.17, 15) is 0 Å². The van der Waals surface area contributed by atoms with Crippen molar-refractivity contribution in [3.8, 4) is 33.4 Å². The van der Waals surface area contributed by atoms with Crippen molar-refractivity contribution in [1.82, 2.24) is 4.98 Å². The van der Waals surface area contributed by atoms with Gasteiger partial charge in [0, 0.05) is 23.7 Å². The fraction of sp³-hybridized carbons (Fsp3) is 0.0370. The zero-order valence-electron chi connectivity index (χ0n) is 30.9. The van der Waals surface area contributed by atoms with Gasteiger partial charge in [-0.2, -0.15) is 0 Å². The Balaban J connectivity index is 1.01. The molecule has 0 saturated heterocycles. The van der Waals surface area contributed by atoms with E-state index < -0.39 is 0 Å². The lowest BCUT2D eigenvalue weighted by molar-refractivity contribution is 1.09. The van der Waals surface area contributed by atoms with Gasteiger partial charge in [0.15, 0.2) is 0 Å². The Hall–Kier alpha value is -7.16. The second-order valence-electron chi connectivity index (χ2n) is 14.5. The largest absolute Gasteiger partial charge is 0.264 e. The van der Waals surface area contributed by atoms with Crippen molar-refractivity contribution in [3.05, 3.63) is 223 Å². The zero-order chi connectivity index (χ0) is 37.3. The first-order chi connectivity index (χ1) is 27.7. The molecule has 8 aromatic carbocycles. The first-order valence-corrected chi connectivity index (χ1v) is 19.4. The van der Waals surface area contributed by atoms with Crippen LogP contribution in [0.25, 0.3) is 77.0 Å². The number of aromatic nitrogens is 1. The van der Waals surface area contributed by atoms with Crippen LogP contribution in [0.5, 0.6) is 0 Å². The van der Waals surface area contributed by atoms with Crippen LogP contribution in [0, 0.1) is 0 Å². The van der Waals surface area contributed by atoms with E-state index >= 15 is 0 Å². The second kappa shape index (κ2) is 14.6. The molecule has 0 unspecified atom stereocenters. The Kier molecular flexibility index (Phi) is 8.70. The Bertz CT molecular complexity index is 2920. The van der Waals surface area contributed by atoms with Gasteiger partial charge in [-0.05, 0) is 113 Å². The number of aliphatic imine (C=N–C) groups is 1. The molecule has 1 aromatic heterocycles. The minimum Gasteiger partial charge on any atom is -0.264 e. The highest BCUT2D eigenvalue weighted by molar-refractivity contribution is 6.25. The van der Waals surface area contributed by atoms with Crippen molar-refractivity contribution in [2.75, 3.05) is 0 Å². The molecule has 2 nitrogen and oxygen atoms in total. The average molecular weight is 715 g/mol. The van der Waals surface area contributed by atoms with Gasteiger partial charge in [-0.3, -0.25) is 9.98 Å². The van der Waals surface area contributed by atoms with Gasteiger partial charge in [0.25, 0.3) is 0 Å². The van der Waals surface area contributed by atoms with Crippen LogP contribution in [-0.2, 0) is 0 Å². The molecule has 1 aliphatic rings. The van der Waals surface area contributed by atoms with E-state index in [0.717, 1.165) is 46.5 Å². The van der Waals surface area contributed by atoms with E-state index in [-0.39, 0.29) is 0 Å². The van der Waals surface area contributed by atoms with Crippen molar-refractivity contribution in [2.24, 2.45) is 4.99 Å². The van der Waals surface area contributed by atoms with Crippen molar-refractivity contribution in [3.63, 3.8) is 0 Å². The molecule has 0 radical (unpaired) electrons. The Morgan fingerprint density at radius 2 is 0.839 bits per heavy atom. The summed E-state index contributed by atoms with van der Waals surface area (Å²) in [6, 6.07) is 65.7. The van der Waals surface area contributed by atoms with Gasteiger partial charge in [0.2, 0.25) is 0 Å². The van der Waals surface area contributed by atoms with Gasteiger partial charge in [-0.25, -0.2) is 0 Å². The first kappa shape index (κ1) is 33.4. The van der Waals surface area contributed by atoms with Gasteiger partial charge >= 0.3 is 0 Å². The van der Waals surface area contributed by atoms with Crippen molar-refractivity contribution < 1.29 is 0 Å². The summed E-state index contributed by atoms with van der Waals surface area (Å²) in [6.45, 7) is 0. The topological polar surface area (TPSA) is 25.2 Å². The summed E-state index contributed by atoms with van der Waals surface area (Å²) in [6.07, 6.45) is 10.1. The molecule has 0 amide bonds. The third kappa shape index (κ3) is 6.42. The molecule has 0 saturated carbocycles. The molecule has 264 valence electrons. The maximum absolute atomic E-state index is 5.45. The van der Waals surface area contributed by atoms with Crippen molar-refractivity contribution >= 4 is 49.3 Å². The lowest BCUT2D eigenvalue weighted by Crippen LogP contribution is -2.03. The number of benzene rings is 8. The van der Waals surface area contributed by atoms with E-state index in [2.05, 4.69) is 193 Å². The number of hydrogen-bond donors (Lipinski definition) is 0. The monoisotopic (exact) mass is 714 g/mol. The standard InChI is InChI=1S/C54H38N2/c1-2-10-37(11-3-1)38-19-21-39(22-20-38)44-12-8-18-53(56-54(35-44)43-29-25-41(26-30-43)46-13-9-33-55-36-46)42-27-23-40(24-28-42)45-31-32-51-49-16-5-4-14-47(49)48-15-6-7-17-50(48)52(51)34-45/h1-7,9-17,19-36H,8,18H2/b44-12+,54-35-,56-53+. The summed E-state index contributed by atoms with van der Waals surface area (Å²) < 4.78 is 0. The second-order valence-corrected chi connectivity index (χ2v) is 14.5. The molecule has 0 aliphatic carbocycles. The summed E-state index contributed by atoms with van der Waals surface area (Å²) >= 11 is 0. The molecule has 2 heteroatoms. The van der Waals surface area contributed by atoms with Crippen LogP contribution < -0.4 is 0 Å². The van der Waals surface area contributed by atoms with Gasteiger partial charge < -0.3 is 0 Å². The molecule has 1 aliphatic heterocycles. The predicted octanol–water partition coefficient (Wildman–Crippen LogP) is 14.2. The van der Waals surface area contributed by atoms with Gasteiger partial charge in [0.05, 0.1) is 5.70 Å². The van der Waals surface area contributed by atoms with E-state index in [1.165, 1.54) is 65.7 Å². The molecule has 0 atom stereocenters. The molecule has 56 heavy (non-hydrogen) atoms. The van der Waals surface area contributed by atoms with Crippen molar-refractivity contribution in [2.45, 2.75) is 12.8 Å². The minimum atomic E-state index is 0.838. The number of rotatable bonds is 6. The van der Waals surface area contributed by atoms with E-state index in [4.69, 9.17) is 4.99 Å². The lowest BCUT2D eigenvalue weighted by atomic mass is 9.91. The average Bonchev–Trinajstić information content (AvgIpc) is 3.27. The van der Waals surface area contributed by atoms with Crippen LogP contribution >= 0.6 is 0 Å². The van der Waals surface area contributed by atoms with Crippen LogP contribution in [0.2, 0.25) is 0 Å². The van der Waals surface area contributed by atoms with E-state index in [1.807, 2.05) is 18.5 Å². The van der Waals surface area contributed by atoms with Crippen LogP contribution in [0.15, 0.2) is 212 Å². The highest BCUT2D eigenvalue weighted by Gasteiger charge is 2.14. The summed E-state index contributed by atoms with van der Waals surface area (Å²) in [4.78, 5) is 9.78. The molecular weight excluding hydrogens is 677 g/mol. The van der Waals surface area contributed by atoms with Crippen LogP contribution in [0.3, 0.4) is 0 Å². The lowest BCUT2D eigenvalue weighted by Gasteiger charge is -2.15. The number of nitrogens with zero attached hydrogens (tertiary/aromatic N) is 2. The van der Waals surface area contributed by atoms with Crippen LogP contribution in [0.4, 0.5) is 0 Å². The number of hydrogen-bond acceptors (Lipinski definition) is 2. The third-order valence-corrected chi connectivity index (χ3v) is 11.1. The SMILES string of the molecule is C1=C(c2ccc(-c3cccnc3)cc2)\N=C(\c2ccc(-c3ccc4c5ccccc5c5ccccc5c4c3)cc2)CC\C=C/1c1ccc(-c2ccccc2)cc1. The molecule has 0 N–H and O–H groups in total. The molecule has 9 aromatic rings. The molecule has 0 spiro atoms. The fourth-order valence-electron chi connectivity index (χ4n) is 8.16. The zero-order valence-corrected chi connectivity index (χ0v) is 30.9. The Morgan fingerprint density at radius 3 is 1.48 bits per heavy atom. The normalized spacial score (nSPS) is 16.0. The quantitative estimate of drug-likeness (QED) is 0.157. The number of pyridine rings is 1. The van der Waals surface area contributed by atoms with Crippen molar-refractivity contribution in [1.29, 1.82) is 0 Å². The maximum Gasteiger partial charge on any atom is 0.0711 e. The number of allylic oxidation sites excluding steroid dienone is 3. The first-order valence-electron chi connectivity index (χ1n) is 19.4. The van der Waals surface area contributed by atoms with Gasteiger partial charge in [-0.15, -0.1) is 0 Å². The summed E-state index contributed by atoms with van der Waals surface area (Å²) in [5, 5.41) is 7.75. The van der Waals surface area contributed by atoms with E-state index in [1.54, 1.807) is 0 Å². The summed E-state index contributed by atoms with van der Waals surface area (Å²) in [5.74, 6) is 0. The smallest absolute Gasteiger partial charge is 0.0711 e. The highest BCUT2D eigenvalue weighted by Crippen LogP contribution is 2.37. The molecule has 0 fully saturated rings. The Labute approximate surface area is 327 Å². The third-order valence-electron chi connectivity index (χ3n) is 11.1. The summed E-state index contributed by atoms with van der Waals surface area (Å²) in [7, 11) is 0.